The lowest BCUT2D eigenvalue weighted by Gasteiger charge is -2.31. The average molecular weight is 498 g/mol. The summed E-state index contributed by atoms with van der Waals surface area (Å²) in [5.74, 6) is -0.978. The predicted octanol–water partition coefficient (Wildman–Crippen LogP) is 4.40. The molecule has 2 aromatic carbocycles. The van der Waals surface area contributed by atoms with Gasteiger partial charge in [0.05, 0.1) is 10.5 Å². The third-order valence-electron chi connectivity index (χ3n) is 5.74. The van der Waals surface area contributed by atoms with E-state index in [9.17, 15) is 31.2 Å². The first-order valence-corrected chi connectivity index (χ1v) is 12.2. The molecule has 1 fully saturated rings. The molecule has 3 rings (SSSR count). The van der Waals surface area contributed by atoms with Crippen molar-refractivity contribution in [2.24, 2.45) is 5.92 Å². The number of hydrogen-bond acceptors (Lipinski definition) is 4. The zero-order chi connectivity index (χ0) is 25.1. The fraction of sp³-hybridized carbons (Fsp3) is 0.391. The summed E-state index contributed by atoms with van der Waals surface area (Å²) < 4.78 is 66.7. The Morgan fingerprint density at radius 1 is 1.06 bits per heavy atom. The van der Waals surface area contributed by atoms with E-state index in [0.29, 0.717) is 17.8 Å². The Labute approximate surface area is 196 Å². The van der Waals surface area contributed by atoms with E-state index in [-0.39, 0.29) is 37.7 Å². The largest absolute Gasteiger partial charge is 0.417 e. The van der Waals surface area contributed by atoms with Gasteiger partial charge in [0.2, 0.25) is 21.8 Å². The second-order valence-corrected chi connectivity index (χ2v) is 10.00. The fourth-order valence-corrected chi connectivity index (χ4v) is 5.42. The molecule has 0 saturated carbocycles. The highest BCUT2D eigenvalue weighted by molar-refractivity contribution is 7.89. The van der Waals surface area contributed by atoms with Gasteiger partial charge in [-0.05, 0) is 49.6 Å². The van der Waals surface area contributed by atoms with Crippen molar-refractivity contribution in [3.63, 3.8) is 0 Å². The van der Waals surface area contributed by atoms with Crippen LogP contribution in [0.1, 0.15) is 37.3 Å². The quantitative estimate of drug-likeness (QED) is 0.618. The topological polar surface area (TPSA) is 95.6 Å². The molecule has 0 unspecified atom stereocenters. The molecule has 184 valence electrons. The van der Waals surface area contributed by atoms with Crippen molar-refractivity contribution < 1.29 is 31.2 Å². The first kappa shape index (κ1) is 25.7. The third kappa shape index (κ3) is 5.76. The maximum absolute atomic E-state index is 13.3. The Morgan fingerprint density at radius 3 is 2.32 bits per heavy atom. The van der Waals surface area contributed by atoms with Gasteiger partial charge in [0, 0.05) is 36.8 Å². The molecule has 0 spiro atoms. The van der Waals surface area contributed by atoms with E-state index in [4.69, 9.17) is 0 Å². The van der Waals surface area contributed by atoms with Crippen LogP contribution in [0, 0.1) is 12.8 Å². The predicted molar refractivity (Wildman–Crippen MR) is 122 cm³/mol. The smallest absolute Gasteiger partial charge is 0.326 e. The maximum Gasteiger partial charge on any atom is 0.417 e. The normalized spacial score (nSPS) is 15.7. The maximum atomic E-state index is 13.3. The standard InChI is InChI=1S/C23H26F3N3O4S/c1-3-21(30)27-17-9-8-15(2)19(14-17)28-22(31)16-10-12-29(13-11-16)34(32,33)20-7-5-4-6-18(20)23(24,25)26/h4-9,14,16H,3,10-13H2,1-2H3,(H,27,30)(H,28,31). The van der Waals surface area contributed by atoms with E-state index in [1.165, 1.54) is 6.07 Å². The Hall–Kier alpha value is -2.92. The van der Waals surface area contributed by atoms with Crippen LogP contribution in [-0.2, 0) is 25.8 Å². The van der Waals surface area contributed by atoms with Crippen molar-refractivity contribution >= 4 is 33.2 Å². The van der Waals surface area contributed by atoms with Gasteiger partial charge in [-0.1, -0.05) is 25.1 Å². The first-order chi connectivity index (χ1) is 15.9. The molecule has 0 bridgehead atoms. The van der Waals surface area contributed by atoms with E-state index >= 15 is 0 Å². The number of carbonyl (C=O) groups excluding carboxylic acids is 2. The van der Waals surface area contributed by atoms with Gasteiger partial charge in [-0.25, -0.2) is 8.42 Å². The van der Waals surface area contributed by atoms with Gasteiger partial charge in [0.25, 0.3) is 0 Å². The van der Waals surface area contributed by atoms with Crippen molar-refractivity contribution in [3.8, 4) is 0 Å². The summed E-state index contributed by atoms with van der Waals surface area (Å²) >= 11 is 0. The van der Waals surface area contributed by atoms with E-state index in [1.54, 1.807) is 32.0 Å². The molecule has 0 aromatic heterocycles. The summed E-state index contributed by atoms with van der Waals surface area (Å²) in [4.78, 5) is 23.6. The number of anilines is 2. The monoisotopic (exact) mass is 497 g/mol. The minimum atomic E-state index is -4.80. The van der Waals surface area contributed by atoms with Crippen LogP contribution in [0.15, 0.2) is 47.4 Å². The highest BCUT2D eigenvalue weighted by Crippen LogP contribution is 2.36. The van der Waals surface area contributed by atoms with Crippen molar-refractivity contribution in [1.82, 2.24) is 4.31 Å². The fourth-order valence-electron chi connectivity index (χ4n) is 3.74. The molecule has 1 aliphatic rings. The second-order valence-electron chi connectivity index (χ2n) is 8.09. The number of aryl methyl sites for hydroxylation is 1. The second kappa shape index (κ2) is 10.1. The number of rotatable bonds is 6. The van der Waals surface area contributed by atoms with E-state index in [0.717, 1.165) is 28.1 Å². The lowest BCUT2D eigenvalue weighted by molar-refractivity contribution is -0.140. The molecular weight excluding hydrogens is 471 g/mol. The van der Waals surface area contributed by atoms with E-state index in [2.05, 4.69) is 10.6 Å². The minimum absolute atomic E-state index is 0.0712. The number of alkyl halides is 3. The first-order valence-electron chi connectivity index (χ1n) is 10.8. The molecule has 0 radical (unpaired) electrons. The van der Waals surface area contributed by atoms with Crippen molar-refractivity contribution in [1.29, 1.82) is 0 Å². The molecule has 1 aliphatic heterocycles. The summed E-state index contributed by atoms with van der Waals surface area (Å²) in [6, 6.07) is 9.21. The molecule has 1 heterocycles. The molecule has 0 aliphatic carbocycles. The molecule has 7 nitrogen and oxygen atoms in total. The van der Waals surface area contributed by atoms with Gasteiger partial charge in [-0.3, -0.25) is 9.59 Å². The Bertz CT molecular complexity index is 1170. The molecule has 0 atom stereocenters. The summed E-state index contributed by atoms with van der Waals surface area (Å²) in [7, 11) is -4.37. The molecular formula is C23H26F3N3O4S. The minimum Gasteiger partial charge on any atom is -0.326 e. The summed E-state index contributed by atoms with van der Waals surface area (Å²) in [6.07, 6.45) is -4.15. The van der Waals surface area contributed by atoms with Crippen molar-refractivity contribution in [3.05, 3.63) is 53.6 Å². The van der Waals surface area contributed by atoms with Crippen molar-refractivity contribution in [2.75, 3.05) is 23.7 Å². The third-order valence-corrected chi connectivity index (χ3v) is 7.69. The number of sulfonamides is 1. The van der Waals surface area contributed by atoms with Gasteiger partial charge >= 0.3 is 6.18 Å². The number of halogens is 3. The molecule has 2 aromatic rings. The molecule has 2 amide bonds. The lowest BCUT2D eigenvalue weighted by Crippen LogP contribution is -2.42. The van der Waals surface area contributed by atoms with Gasteiger partial charge < -0.3 is 10.6 Å². The molecule has 1 saturated heterocycles. The summed E-state index contributed by atoms with van der Waals surface area (Å²) in [5, 5.41) is 5.54. The number of carbonyl (C=O) groups is 2. The Morgan fingerprint density at radius 2 is 1.71 bits per heavy atom. The zero-order valence-electron chi connectivity index (χ0n) is 18.8. The van der Waals surface area contributed by atoms with Crippen LogP contribution in [0.5, 0.6) is 0 Å². The van der Waals surface area contributed by atoms with Crippen LogP contribution in [0.3, 0.4) is 0 Å². The molecule has 2 N–H and O–H groups in total. The highest BCUT2D eigenvalue weighted by atomic mass is 32.2. The zero-order valence-corrected chi connectivity index (χ0v) is 19.6. The molecule has 11 heteroatoms. The van der Waals surface area contributed by atoms with Gasteiger partial charge in [-0.2, -0.15) is 17.5 Å². The average Bonchev–Trinajstić information content (AvgIpc) is 2.80. The molecule has 34 heavy (non-hydrogen) atoms. The number of benzene rings is 2. The Kier molecular flexibility index (Phi) is 7.67. The van der Waals surface area contributed by atoms with Crippen LogP contribution in [0.2, 0.25) is 0 Å². The van der Waals surface area contributed by atoms with Gasteiger partial charge in [0.1, 0.15) is 0 Å². The van der Waals surface area contributed by atoms with Crippen LogP contribution >= 0.6 is 0 Å². The summed E-state index contributed by atoms with van der Waals surface area (Å²) in [5.41, 5.74) is 0.636. The number of hydrogen-bond donors (Lipinski definition) is 2. The van der Waals surface area contributed by atoms with Crippen LogP contribution in [-0.4, -0.2) is 37.6 Å². The van der Waals surface area contributed by atoms with Crippen LogP contribution < -0.4 is 10.6 Å². The summed E-state index contributed by atoms with van der Waals surface area (Å²) in [6.45, 7) is 3.38. The van der Waals surface area contributed by atoms with E-state index in [1.807, 2.05) is 0 Å². The highest BCUT2D eigenvalue weighted by Gasteiger charge is 2.40. The van der Waals surface area contributed by atoms with Crippen LogP contribution in [0.25, 0.3) is 0 Å². The Balaban J connectivity index is 1.68. The number of nitrogens with zero attached hydrogens (tertiary/aromatic N) is 1. The SMILES string of the molecule is CCC(=O)Nc1ccc(C)c(NC(=O)C2CCN(S(=O)(=O)c3ccccc3C(F)(F)F)CC2)c1. The van der Waals surface area contributed by atoms with Crippen LogP contribution in [0.4, 0.5) is 24.5 Å². The lowest BCUT2D eigenvalue weighted by atomic mass is 9.97. The van der Waals surface area contributed by atoms with Gasteiger partial charge in [0.15, 0.2) is 0 Å². The number of piperidine rings is 1. The number of nitrogens with one attached hydrogen (secondary N) is 2. The van der Waals surface area contributed by atoms with Crippen molar-refractivity contribution in [2.45, 2.75) is 44.2 Å². The van der Waals surface area contributed by atoms with Gasteiger partial charge in [-0.15, -0.1) is 0 Å². The van der Waals surface area contributed by atoms with E-state index < -0.39 is 32.6 Å². The number of amides is 2.